The summed E-state index contributed by atoms with van der Waals surface area (Å²) >= 11 is 1.38. The zero-order valence-corrected chi connectivity index (χ0v) is 12.7. The van der Waals surface area contributed by atoms with Crippen molar-refractivity contribution in [1.29, 1.82) is 0 Å². The second kappa shape index (κ2) is 6.12. The average Bonchev–Trinajstić information content (AvgIpc) is 3.07. The Morgan fingerprint density at radius 1 is 1.41 bits per heavy atom. The smallest absolute Gasteiger partial charge is 0.321 e. The number of urea groups is 1. The normalized spacial score (nSPS) is 18.0. The molecule has 1 aliphatic rings. The fraction of sp³-hybridized carbons (Fsp3) is 0.214. The van der Waals surface area contributed by atoms with Gasteiger partial charge < -0.3 is 5.32 Å². The van der Waals surface area contributed by atoms with Gasteiger partial charge in [0.25, 0.3) is 5.91 Å². The van der Waals surface area contributed by atoms with E-state index in [0.29, 0.717) is 11.7 Å². The fourth-order valence-corrected chi connectivity index (χ4v) is 2.96. The summed E-state index contributed by atoms with van der Waals surface area (Å²) in [5.41, 5.74) is 3.65. The van der Waals surface area contributed by atoms with Gasteiger partial charge in [-0.05, 0) is 5.56 Å². The molecule has 22 heavy (non-hydrogen) atoms. The lowest BCUT2D eigenvalue weighted by Gasteiger charge is -2.09. The summed E-state index contributed by atoms with van der Waals surface area (Å²) in [7, 11) is 1.74. The summed E-state index contributed by atoms with van der Waals surface area (Å²) in [4.78, 5) is 28.6. The number of hydrogen-bond donors (Lipinski definition) is 3. The first-order valence-electron chi connectivity index (χ1n) is 6.72. The van der Waals surface area contributed by atoms with E-state index in [0.717, 1.165) is 10.4 Å². The van der Waals surface area contributed by atoms with Gasteiger partial charge >= 0.3 is 6.03 Å². The van der Waals surface area contributed by atoms with E-state index in [9.17, 15) is 9.59 Å². The van der Waals surface area contributed by atoms with E-state index in [1.807, 2.05) is 30.3 Å². The second-order valence-electron chi connectivity index (χ2n) is 4.90. The quantitative estimate of drug-likeness (QED) is 0.796. The number of carbonyl (C=O) groups excluding carboxylic acids is 2. The highest BCUT2D eigenvalue weighted by Crippen LogP contribution is 2.28. The van der Waals surface area contributed by atoms with Crippen molar-refractivity contribution in [2.75, 3.05) is 18.9 Å². The molecule has 0 spiro atoms. The predicted molar refractivity (Wildman–Crippen MR) is 84.3 cm³/mol. The molecule has 1 fully saturated rings. The Morgan fingerprint density at radius 3 is 2.86 bits per heavy atom. The molecule has 0 radical (unpaired) electrons. The molecule has 2 heterocycles. The number of rotatable bonds is 3. The summed E-state index contributed by atoms with van der Waals surface area (Å²) in [6, 6.07) is 8.81. The summed E-state index contributed by atoms with van der Waals surface area (Å²) in [6.07, 6.45) is 1.71. The van der Waals surface area contributed by atoms with Crippen molar-refractivity contribution in [3.63, 3.8) is 0 Å². The molecule has 0 bridgehead atoms. The van der Waals surface area contributed by atoms with E-state index in [1.165, 1.54) is 11.3 Å². The Kier molecular flexibility index (Phi) is 4.03. The molecule has 0 aliphatic carbocycles. The van der Waals surface area contributed by atoms with Gasteiger partial charge in [-0.25, -0.2) is 14.8 Å². The number of carbonyl (C=O) groups is 2. The largest absolute Gasteiger partial charge is 0.325 e. The van der Waals surface area contributed by atoms with Crippen molar-refractivity contribution in [3.05, 3.63) is 36.5 Å². The highest BCUT2D eigenvalue weighted by molar-refractivity contribution is 7.19. The minimum Gasteiger partial charge on any atom is -0.325 e. The van der Waals surface area contributed by atoms with Crippen LogP contribution in [0.3, 0.4) is 0 Å². The van der Waals surface area contributed by atoms with Gasteiger partial charge in [-0.3, -0.25) is 15.5 Å². The lowest BCUT2D eigenvalue weighted by molar-refractivity contribution is -0.122. The van der Waals surface area contributed by atoms with Crippen molar-refractivity contribution >= 4 is 28.4 Å². The molecular weight excluding hydrogens is 302 g/mol. The maximum absolute atomic E-state index is 11.9. The number of hydrogen-bond acceptors (Lipinski definition) is 5. The standard InChI is InChI=1S/C14H15N5O2S/c1-19-8-10(12(20)18-19)16-13(21)17-14-15-7-11(22-14)9-5-3-2-4-6-9/h2-7,10H,8H2,1H3,(H,18,20)(H2,15,16,17,21)/t10-/m0/s1. The molecule has 3 rings (SSSR count). The number of nitrogens with one attached hydrogen (secondary N) is 3. The lowest BCUT2D eigenvalue weighted by Crippen LogP contribution is -2.43. The number of anilines is 1. The van der Waals surface area contributed by atoms with Crippen LogP contribution in [0.4, 0.5) is 9.93 Å². The van der Waals surface area contributed by atoms with E-state index < -0.39 is 12.1 Å². The van der Waals surface area contributed by atoms with Gasteiger partial charge in [0.05, 0.1) is 4.88 Å². The molecule has 1 aliphatic heterocycles. The third kappa shape index (κ3) is 3.23. The Balaban J connectivity index is 1.61. The monoisotopic (exact) mass is 317 g/mol. The minimum atomic E-state index is -0.557. The predicted octanol–water partition coefficient (Wildman–Crippen LogP) is 1.28. The third-order valence-electron chi connectivity index (χ3n) is 3.16. The highest BCUT2D eigenvalue weighted by Gasteiger charge is 2.29. The van der Waals surface area contributed by atoms with E-state index in [2.05, 4.69) is 21.0 Å². The first-order valence-corrected chi connectivity index (χ1v) is 7.54. The molecule has 2 aromatic rings. The van der Waals surface area contributed by atoms with Gasteiger partial charge in [-0.1, -0.05) is 41.7 Å². The zero-order chi connectivity index (χ0) is 15.5. The SMILES string of the molecule is CN1C[C@H](NC(=O)Nc2ncc(-c3ccccc3)s2)C(=O)N1. The summed E-state index contributed by atoms with van der Waals surface area (Å²) in [5, 5.41) is 7.39. The summed E-state index contributed by atoms with van der Waals surface area (Å²) in [5.74, 6) is -0.221. The van der Waals surface area contributed by atoms with Crippen LogP contribution in [0.1, 0.15) is 0 Å². The zero-order valence-electron chi connectivity index (χ0n) is 11.9. The van der Waals surface area contributed by atoms with Gasteiger partial charge in [0.1, 0.15) is 6.04 Å². The van der Waals surface area contributed by atoms with Gasteiger partial charge in [-0.15, -0.1) is 0 Å². The molecule has 7 nitrogen and oxygen atoms in total. The molecule has 114 valence electrons. The van der Waals surface area contributed by atoms with Crippen molar-refractivity contribution in [2.24, 2.45) is 0 Å². The first-order chi connectivity index (χ1) is 10.6. The summed E-state index contributed by atoms with van der Waals surface area (Å²) in [6.45, 7) is 0.430. The van der Waals surface area contributed by atoms with Crippen LogP contribution in [0.2, 0.25) is 0 Å². The Morgan fingerprint density at radius 2 is 2.18 bits per heavy atom. The van der Waals surface area contributed by atoms with Crippen molar-refractivity contribution in [2.45, 2.75) is 6.04 Å². The molecule has 0 saturated carbocycles. The molecule has 1 saturated heterocycles. The first kappa shape index (κ1) is 14.5. The second-order valence-corrected chi connectivity index (χ2v) is 5.93. The van der Waals surface area contributed by atoms with Crippen LogP contribution in [0, 0.1) is 0 Å². The lowest BCUT2D eigenvalue weighted by atomic mass is 10.2. The molecule has 1 aromatic heterocycles. The van der Waals surface area contributed by atoms with Crippen LogP contribution in [-0.2, 0) is 4.79 Å². The molecule has 0 unspecified atom stereocenters. The van der Waals surface area contributed by atoms with Crippen LogP contribution in [0.15, 0.2) is 36.5 Å². The van der Waals surface area contributed by atoms with Crippen LogP contribution in [-0.4, -0.2) is 41.6 Å². The number of benzene rings is 1. The number of hydrazine groups is 1. The van der Waals surface area contributed by atoms with Crippen LogP contribution < -0.4 is 16.1 Å². The number of amides is 3. The van der Waals surface area contributed by atoms with E-state index >= 15 is 0 Å². The Hall–Kier alpha value is -2.45. The molecular formula is C14H15N5O2S. The fourth-order valence-electron chi connectivity index (χ4n) is 2.14. The number of nitrogens with zero attached hydrogens (tertiary/aromatic N) is 2. The highest BCUT2D eigenvalue weighted by atomic mass is 32.1. The van der Waals surface area contributed by atoms with Crippen LogP contribution in [0.25, 0.3) is 10.4 Å². The van der Waals surface area contributed by atoms with Crippen LogP contribution in [0.5, 0.6) is 0 Å². The molecule has 1 atom stereocenters. The third-order valence-corrected chi connectivity index (χ3v) is 4.13. The number of aromatic nitrogens is 1. The van der Waals surface area contributed by atoms with Crippen molar-refractivity contribution in [3.8, 4) is 10.4 Å². The topological polar surface area (TPSA) is 86.4 Å². The van der Waals surface area contributed by atoms with Crippen molar-refractivity contribution < 1.29 is 9.59 Å². The molecule has 3 amide bonds. The van der Waals surface area contributed by atoms with E-state index in [-0.39, 0.29) is 5.91 Å². The van der Waals surface area contributed by atoms with Gasteiger partial charge in [0, 0.05) is 19.8 Å². The minimum absolute atomic E-state index is 0.221. The summed E-state index contributed by atoms with van der Waals surface area (Å²) < 4.78 is 0. The molecule has 8 heteroatoms. The number of likely N-dealkylation sites (N-methyl/N-ethyl adjacent to an activating group) is 1. The maximum atomic E-state index is 11.9. The maximum Gasteiger partial charge on any atom is 0.321 e. The van der Waals surface area contributed by atoms with Crippen LogP contribution >= 0.6 is 11.3 Å². The van der Waals surface area contributed by atoms with Gasteiger partial charge in [-0.2, -0.15) is 0 Å². The molecule has 3 N–H and O–H groups in total. The van der Waals surface area contributed by atoms with E-state index in [4.69, 9.17) is 0 Å². The number of thiazole rings is 1. The Labute approximate surface area is 131 Å². The van der Waals surface area contributed by atoms with Crippen molar-refractivity contribution in [1.82, 2.24) is 20.7 Å². The Bertz CT molecular complexity index is 688. The van der Waals surface area contributed by atoms with E-state index in [1.54, 1.807) is 18.3 Å². The van der Waals surface area contributed by atoms with Gasteiger partial charge in [0.2, 0.25) is 0 Å². The van der Waals surface area contributed by atoms with Gasteiger partial charge in [0.15, 0.2) is 5.13 Å². The molecule has 1 aromatic carbocycles. The average molecular weight is 317 g/mol.